The second kappa shape index (κ2) is 8.04. The van der Waals surface area contributed by atoms with Crippen molar-refractivity contribution in [2.24, 2.45) is 0 Å². The zero-order chi connectivity index (χ0) is 17.6. The van der Waals surface area contributed by atoms with Gasteiger partial charge in [0.25, 0.3) is 0 Å². The van der Waals surface area contributed by atoms with Gasteiger partial charge in [0, 0.05) is 45.3 Å². The van der Waals surface area contributed by atoms with Crippen molar-refractivity contribution in [2.45, 2.75) is 52.5 Å². The average Bonchev–Trinajstić information content (AvgIpc) is 3.07. The van der Waals surface area contributed by atoms with Crippen LogP contribution in [0.5, 0.6) is 0 Å². The summed E-state index contributed by atoms with van der Waals surface area (Å²) in [5, 5.41) is 15.5. The molecule has 3 heterocycles. The number of hydrogen-bond donors (Lipinski definition) is 1. The number of carbonyl (C=O) groups is 1. The molecule has 8 heteroatoms. The molecule has 0 bridgehead atoms. The molecule has 0 unspecified atom stereocenters. The van der Waals surface area contributed by atoms with Gasteiger partial charge >= 0.3 is 0 Å². The molecule has 0 aliphatic carbocycles. The second-order valence-electron chi connectivity index (χ2n) is 6.15. The van der Waals surface area contributed by atoms with E-state index >= 15 is 0 Å². The molecule has 1 amide bonds. The second-order valence-corrected chi connectivity index (χ2v) is 6.15. The summed E-state index contributed by atoms with van der Waals surface area (Å²) in [7, 11) is 0. The first-order chi connectivity index (χ1) is 12.2. The maximum Gasteiger partial charge on any atom is 0.227 e. The predicted octanol–water partition coefficient (Wildman–Crippen LogP) is 1.76. The number of anilines is 1. The monoisotopic (exact) mass is 344 g/mol. The highest BCUT2D eigenvalue weighted by Gasteiger charge is 2.22. The SMILES string of the molecule is CCCc1noc(CCC(=O)N2CCc3nnc(NCC)cc3C2)n1. The minimum Gasteiger partial charge on any atom is -0.369 e. The van der Waals surface area contributed by atoms with Gasteiger partial charge in [0.2, 0.25) is 11.8 Å². The number of aromatic nitrogens is 4. The van der Waals surface area contributed by atoms with Gasteiger partial charge in [-0.05, 0) is 25.0 Å². The van der Waals surface area contributed by atoms with Gasteiger partial charge < -0.3 is 14.7 Å². The Labute approximate surface area is 147 Å². The van der Waals surface area contributed by atoms with Crippen LogP contribution in [0.3, 0.4) is 0 Å². The molecule has 0 spiro atoms. The Balaban J connectivity index is 1.57. The zero-order valence-electron chi connectivity index (χ0n) is 14.8. The molecular weight excluding hydrogens is 320 g/mol. The number of nitrogens with zero attached hydrogens (tertiary/aromatic N) is 5. The molecule has 0 atom stereocenters. The van der Waals surface area contributed by atoms with E-state index < -0.39 is 0 Å². The molecule has 8 nitrogen and oxygen atoms in total. The van der Waals surface area contributed by atoms with Gasteiger partial charge in [-0.15, -0.1) is 5.10 Å². The summed E-state index contributed by atoms with van der Waals surface area (Å²) >= 11 is 0. The molecule has 0 saturated carbocycles. The smallest absolute Gasteiger partial charge is 0.227 e. The lowest BCUT2D eigenvalue weighted by Gasteiger charge is -2.28. The van der Waals surface area contributed by atoms with Crippen molar-refractivity contribution in [1.82, 2.24) is 25.2 Å². The van der Waals surface area contributed by atoms with E-state index in [1.54, 1.807) is 0 Å². The van der Waals surface area contributed by atoms with Crippen molar-refractivity contribution in [2.75, 3.05) is 18.4 Å². The van der Waals surface area contributed by atoms with E-state index in [1.165, 1.54) is 0 Å². The molecular formula is C17H24N6O2. The van der Waals surface area contributed by atoms with Crippen LogP contribution in [0.25, 0.3) is 0 Å². The molecule has 0 fully saturated rings. The van der Waals surface area contributed by atoms with Gasteiger partial charge in [-0.3, -0.25) is 4.79 Å². The fourth-order valence-electron chi connectivity index (χ4n) is 2.90. The third kappa shape index (κ3) is 4.32. The number of nitrogens with one attached hydrogen (secondary N) is 1. The van der Waals surface area contributed by atoms with E-state index in [2.05, 4.69) is 32.6 Å². The zero-order valence-corrected chi connectivity index (χ0v) is 14.8. The van der Waals surface area contributed by atoms with Crippen molar-refractivity contribution in [1.29, 1.82) is 0 Å². The van der Waals surface area contributed by atoms with E-state index in [4.69, 9.17) is 4.52 Å². The third-order valence-corrected chi connectivity index (χ3v) is 4.19. The lowest BCUT2D eigenvalue weighted by atomic mass is 10.1. The van der Waals surface area contributed by atoms with E-state index in [9.17, 15) is 4.79 Å². The lowest BCUT2D eigenvalue weighted by Crippen LogP contribution is -2.36. The Bertz CT molecular complexity index is 730. The summed E-state index contributed by atoms with van der Waals surface area (Å²) in [5.41, 5.74) is 2.04. The molecule has 25 heavy (non-hydrogen) atoms. The van der Waals surface area contributed by atoms with E-state index in [0.29, 0.717) is 37.6 Å². The predicted molar refractivity (Wildman–Crippen MR) is 91.9 cm³/mol. The van der Waals surface area contributed by atoms with E-state index in [-0.39, 0.29) is 5.91 Å². The van der Waals surface area contributed by atoms with Gasteiger partial charge in [0.05, 0.1) is 5.69 Å². The van der Waals surface area contributed by atoms with Gasteiger partial charge in [-0.25, -0.2) is 0 Å². The number of hydrogen-bond acceptors (Lipinski definition) is 7. The highest BCUT2D eigenvalue weighted by molar-refractivity contribution is 5.76. The van der Waals surface area contributed by atoms with Crippen molar-refractivity contribution in [3.05, 3.63) is 29.0 Å². The van der Waals surface area contributed by atoms with Crippen LogP contribution in [0, 0.1) is 0 Å². The lowest BCUT2D eigenvalue weighted by molar-refractivity contribution is -0.132. The maximum absolute atomic E-state index is 12.5. The Morgan fingerprint density at radius 1 is 1.32 bits per heavy atom. The summed E-state index contributed by atoms with van der Waals surface area (Å²) in [4.78, 5) is 18.7. The topological polar surface area (TPSA) is 97.0 Å². The van der Waals surface area contributed by atoms with Gasteiger partial charge in [-0.1, -0.05) is 12.1 Å². The molecule has 0 saturated heterocycles. The van der Waals surface area contributed by atoms with Crippen LogP contribution in [0.1, 0.15) is 49.7 Å². The van der Waals surface area contributed by atoms with Crippen LogP contribution in [0.2, 0.25) is 0 Å². The van der Waals surface area contributed by atoms with Crippen molar-refractivity contribution >= 4 is 11.7 Å². The highest BCUT2D eigenvalue weighted by Crippen LogP contribution is 2.19. The largest absolute Gasteiger partial charge is 0.369 e. The number of aryl methyl sites for hydroxylation is 2. The fourth-order valence-corrected chi connectivity index (χ4v) is 2.90. The van der Waals surface area contributed by atoms with Crippen LogP contribution in [-0.2, 0) is 30.6 Å². The molecule has 1 N–H and O–H groups in total. The van der Waals surface area contributed by atoms with Crippen LogP contribution in [0.15, 0.2) is 10.6 Å². The molecule has 134 valence electrons. The van der Waals surface area contributed by atoms with Crippen molar-refractivity contribution < 1.29 is 9.32 Å². The van der Waals surface area contributed by atoms with Crippen molar-refractivity contribution in [3.8, 4) is 0 Å². The Kier molecular flexibility index (Phi) is 5.57. The van der Waals surface area contributed by atoms with Crippen molar-refractivity contribution in [3.63, 3.8) is 0 Å². The number of amides is 1. The highest BCUT2D eigenvalue weighted by atomic mass is 16.5. The van der Waals surface area contributed by atoms with Gasteiger partial charge in [-0.2, -0.15) is 10.1 Å². The molecule has 2 aromatic rings. The fraction of sp³-hybridized carbons (Fsp3) is 0.588. The molecule has 2 aromatic heterocycles. The maximum atomic E-state index is 12.5. The standard InChI is InChI=1S/C17H24N6O2/c1-3-5-14-19-16(25-22-14)6-7-17(24)23-9-8-13-12(11-23)10-15(18-4-2)21-20-13/h10H,3-9,11H2,1-2H3,(H,18,21). The Morgan fingerprint density at radius 2 is 2.20 bits per heavy atom. The summed E-state index contributed by atoms with van der Waals surface area (Å²) in [6.07, 6.45) is 3.37. The summed E-state index contributed by atoms with van der Waals surface area (Å²) < 4.78 is 5.20. The van der Waals surface area contributed by atoms with Crippen LogP contribution in [0.4, 0.5) is 5.82 Å². The molecule has 0 aromatic carbocycles. The van der Waals surface area contributed by atoms with E-state index in [0.717, 1.165) is 42.9 Å². The van der Waals surface area contributed by atoms with Crippen LogP contribution in [-0.4, -0.2) is 44.2 Å². The summed E-state index contributed by atoms with van der Waals surface area (Å²) in [6, 6.07) is 1.99. The summed E-state index contributed by atoms with van der Waals surface area (Å²) in [6.45, 7) is 6.12. The minimum absolute atomic E-state index is 0.0997. The van der Waals surface area contributed by atoms with Crippen LogP contribution < -0.4 is 5.32 Å². The Morgan fingerprint density at radius 3 is 3.00 bits per heavy atom. The molecule has 3 rings (SSSR count). The van der Waals surface area contributed by atoms with Crippen LogP contribution >= 0.6 is 0 Å². The first-order valence-corrected chi connectivity index (χ1v) is 8.88. The van der Waals surface area contributed by atoms with E-state index in [1.807, 2.05) is 17.9 Å². The quantitative estimate of drug-likeness (QED) is 0.817. The third-order valence-electron chi connectivity index (χ3n) is 4.19. The first kappa shape index (κ1) is 17.3. The molecule has 0 radical (unpaired) electrons. The minimum atomic E-state index is 0.0997. The normalized spacial score (nSPS) is 13.6. The number of fused-ring (bicyclic) bond motifs is 1. The number of rotatable bonds is 7. The van der Waals surface area contributed by atoms with Gasteiger partial charge in [0.1, 0.15) is 5.82 Å². The van der Waals surface area contributed by atoms with Gasteiger partial charge in [0.15, 0.2) is 5.82 Å². The first-order valence-electron chi connectivity index (χ1n) is 8.88. The summed E-state index contributed by atoms with van der Waals surface area (Å²) in [5.74, 6) is 2.11. The molecule has 1 aliphatic rings. The molecule has 1 aliphatic heterocycles. The average molecular weight is 344 g/mol. The number of carbonyl (C=O) groups excluding carboxylic acids is 1. The Hall–Kier alpha value is -2.51.